The van der Waals surface area contributed by atoms with E-state index in [1.165, 1.54) is 11.8 Å². The average molecular weight is 208 g/mol. The number of rotatable bonds is 3. The highest BCUT2D eigenvalue weighted by Gasteiger charge is 2.11. The third-order valence-electron chi connectivity index (χ3n) is 1.32. The molecule has 0 amide bonds. The second-order valence-electron chi connectivity index (χ2n) is 2.20. The van der Waals surface area contributed by atoms with Crippen LogP contribution in [0.25, 0.3) is 0 Å². The van der Waals surface area contributed by atoms with Gasteiger partial charge in [0.25, 0.3) is 0 Å². The van der Waals surface area contributed by atoms with Crippen molar-refractivity contribution in [1.29, 1.82) is 0 Å². The average Bonchev–Trinajstić information content (AvgIpc) is 2.00. The molecule has 0 fully saturated rings. The van der Waals surface area contributed by atoms with Crippen molar-refractivity contribution in [2.24, 2.45) is 0 Å². The van der Waals surface area contributed by atoms with E-state index in [-0.39, 0.29) is 6.54 Å². The van der Waals surface area contributed by atoms with E-state index in [9.17, 15) is 4.79 Å². The lowest BCUT2D eigenvalue weighted by atomic mass is 10.6. The molecule has 0 aliphatic heterocycles. The van der Waals surface area contributed by atoms with Crippen LogP contribution < -0.4 is 0 Å². The molecule has 12 heavy (non-hydrogen) atoms. The Kier molecular flexibility index (Phi) is 5.19. The first-order chi connectivity index (χ1) is 5.49. The summed E-state index contributed by atoms with van der Waals surface area (Å²) < 4.78 is 0.652. The fourth-order valence-corrected chi connectivity index (χ4v) is 1.12. The highest BCUT2D eigenvalue weighted by Crippen LogP contribution is 2.04. The summed E-state index contributed by atoms with van der Waals surface area (Å²) in [5.74, 6) is -0.867. The fraction of sp³-hybridized carbons (Fsp3) is 0.667. The van der Waals surface area contributed by atoms with Crippen molar-refractivity contribution in [3.05, 3.63) is 0 Å². The Hall–Kier alpha value is -0.330. The van der Waals surface area contributed by atoms with Crippen molar-refractivity contribution >= 4 is 34.3 Å². The largest absolute Gasteiger partial charge is 0.480 e. The quantitative estimate of drug-likeness (QED) is 0.538. The van der Waals surface area contributed by atoms with Gasteiger partial charge in [-0.1, -0.05) is 24.0 Å². The van der Waals surface area contributed by atoms with Crippen molar-refractivity contribution in [2.75, 3.05) is 26.9 Å². The zero-order chi connectivity index (χ0) is 9.72. The van der Waals surface area contributed by atoms with Crippen LogP contribution in [0.15, 0.2) is 0 Å². The molecule has 0 atom stereocenters. The maximum atomic E-state index is 10.3. The lowest BCUT2D eigenvalue weighted by Gasteiger charge is -2.27. The summed E-state index contributed by atoms with van der Waals surface area (Å²) >= 11 is 6.37. The molecule has 0 saturated heterocycles. The summed E-state index contributed by atoms with van der Waals surface area (Å²) in [5.41, 5.74) is 0. The second kappa shape index (κ2) is 5.34. The summed E-state index contributed by atoms with van der Waals surface area (Å²) in [6, 6.07) is 0. The summed E-state index contributed by atoms with van der Waals surface area (Å²) in [4.78, 5) is 10.3. The molecule has 70 valence electrons. The van der Waals surface area contributed by atoms with E-state index in [0.29, 0.717) is 4.32 Å². The molecular formula is C6H12N2O2S2. The number of carboxylic acids is 1. The number of likely N-dealkylation sites (N-methyl/N-ethyl adjacent to an activating group) is 1. The van der Waals surface area contributed by atoms with Gasteiger partial charge < -0.3 is 5.11 Å². The van der Waals surface area contributed by atoms with Crippen LogP contribution in [0.1, 0.15) is 0 Å². The van der Waals surface area contributed by atoms with E-state index < -0.39 is 5.97 Å². The molecule has 0 bridgehead atoms. The van der Waals surface area contributed by atoms with Crippen molar-refractivity contribution < 1.29 is 9.90 Å². The third-order valence-corrected chi connectivity index (χ3v) is 2.69. The molecule has 0 unspecified atom stereocenters. The van der Waals surface area contributed by atoms with Crippen molar-refractivity contribution in [1.82, 2.24) is 10.0 Å². The number of hydrazine groups is 1. The molecule has 0 aromatic rings. The molecule has 0 aliphatic rings. The Morgan fingerprint density at radius 2 is 2.08 bits per heavy atom. The van der Waals surface area contributed by atoms with Crippen LogP contribution in [0.5, 0.6) is 0 Å². The van der Waals surface area contributed by atoms with Crippen molar-refractivity contribution in [2.45, 2.75) is 0 Å². The van der Waals surface area contributed by atoms with E-state index in [4.69, 9.17) is 17.3 Å². The lowest BCUT2D eigenvalue weighted by Crippen LogP contribution is -2.41. The van der Waals surface area contributed by atoms with Crippen LogP contribution in [0.3, 0.4) is 0 Å². The first-order valence-corrected chi connectivity index (χ1v) is 4.87. The first-order valence-electron chi connectivity index (χ1n) is 3.23. The Morgan fingerprint density at radius 3 is 2.42 bits per heavy atom. The zero-order valence-electron chi connectivity index (χ0n) is 7.27. The van der Waals surface area contributed by atoms with Gasteiger partial charge >= 0.3 is 5.97 Å². The van der Waals surface area contributed by atoms with Gasteiger partial charge in [0.1, 0.15) is 10.9 Å². The molecule has 0 rings (SSSR count). The molecule has 0 heterocycles. The van der Waals surface area contributed by atoms with Gasteiger partial charge in [-0.2, -0.15) is 0 Å². The summed E-state index contributed by atoms with van der Waals surface area (Å²) in [5, 5.41) is 11.6. The minimum absolute atomic E-state index is 0.0444. The molecule has 0 radical (unpaired) electrons. The first kappa shape index (κ1) is 11.7. The van der Waals surface area contributed by atoms with Crippen LogP contribution in [0.2, 0.25) is 0 Å². The normalized spacial score (nSPS) is 10.0. The summed E-state index contributed by atoms with van der Waals surface area (Å²) in [6.45, 7) is -0.0444. The summed E-state index contributed by atoms with van der Waals surface area (Å²) in [7, 11) is 3.42. The molecule has 6 heteroatoms. The van der Waals surface area contributed by atoms with Gasteiger partial charge in [-0.25, -0.2) is 5.01 Å². The fourth-order valence-electron chi connectivity index (χ4n) is 0.573. The predicted octanol–water partition coefficient (Wildman–Crippen LogP) is 0.497. The van der Waals surface area contributed by atoms with E-state index in [2.05, 4.69) is 0 Å². The van der Waals surface area contributed by atoms with Gasteiger partial charge in [-0.05, 0) is 6.26 Å². The van der Waals surface area contributed by atoms with Crippen molar-refractivity contribution in [3.63, 3.8) is 0 Å². The minimum atomic E-state index is -0.867. The van der Waals surface area contributed by atoms with E-state index >= 15 is 0 Å². The maximum Gasteiger partial charge on any atom is 0.319 e. The highest BCUT2D eigenvalue weighted by atomic mass is 32.2. The number of hydrogen-bond donors (Lipinski definition) is 1. The van der Waals surface area contributed by atoms with Gasteiger partial charge in [0, 0.05) is 14.1 Å². The van der Waals surface area contributed by atoms with E-state index in [0.717, 1.165) is 0 Å². The Balaban J connectivity index is 4.00. The molecule has 0 aromatic heterocycles. The monoisotopic (exact) mass is 208 g/mol. The topological polar surface area (TPSA) is 43.8 Å². The smallest absolute Gasteiger partial charge is 0.319 e. The van der Waals surface area contributed by atoms with Crippen LogP contribution in [-0.4, -0.2) is 52.3 Å². The third kappa shape index (κ3) is 3.89. The molecule has 0 spiro atoms. The number of nitrogens with zero attached hydrogens (tertiary/aromatic N) is 2. The molecule has 1 N–H and O–H groups in total. The SMILES string of the molecule is CSC(=S)N(C)N(C)CC(=O)O. The van der Waals surface area contributed by atoms with Crippen molar-refractivity contribution in [3.8, 4) is 0 Å². The second-order valence-corrected chi connectivity index (χ2v) is 3.64. The minimum Gasteiger partial charge on any atom is -0.480 e. The maximum absolute atomic E-state index is 10.3. The van der Waals surface area contributed by atoms with E-state index in [1.54, 1.807) is 24.1 Å². The molecule has 0 aliphatic carbocycles. The number of aliphatic carboxylic acids is 1. The number of hydrogen-bond acceptors (Lipinski definition) is 4. The summed E-state index contributed by atoms with van der Waals surface area (Å²) in [6.07, 6.45) is 1.85. The molecular weight excluding hydrogens is 196 g/mol. The van der Waals surface area contributed by atoms with Gasteiger partial charge in [-0.3, -0.25) is 9.80 Å². The number of carboxylic acid groups (broad SMARTS) is 1. The molecule has 4 nitrogen and oxygen atoms in total. The number of carbonyl (C=O) groups is 1. The van der Waals surface area contributed by atoms with Crippen LogP contribution >= 0.6 is 24.0 Å². The lowest BCUT2D eigenvalue weighted by molar-refractivity contribution is -0.140. The molecule has 0 saturated carbocycles. The zero-order valence-corrected chi connectivity index (χ0v) is 8.91. The highest BCUT2D eigenvalue weighted by molar-refractivity contribution is 8.22. The Labute approximate surface area is 81.5 Å². The predicted molar refractivity (Wildman–Crippen MR) is 54.1 cm³/mol. The Morgan fingerprint density at radius 1 is 1.58 bits per heavy atom. The number of thiocarbonyl (C=S) groups is 1. The van der Waals surface area contributed by atoms with Gasteiger partial charge in [-0.15, -0.1) is 0 Å². The number of thioether (sulfide) groups is 1. The standard InChI is InChI=1S/C6H12N2O2S2/c1-7(4-5(9)10)8(2)6(11)12-3/h4H2,1-3H3,(H,9,10). The van der Waals surface area contributed by atoms with Gasteiger partial charge in [0.2, 0.25) is 0 Å². The van der Waals surface area contributed by atoms with Crippen LogP contribution in [-0.2, 0) is 4.79 Å². The van der Waals surface area contributed by atoms with E-state index in [1.807, 2.05) is 6.26 Å². The van der Waals surface area contributed by atoms with Gasteiger partial charge in [0.15, 0.2) is 0 Å². The Bertz CT molecular complexity index is 186. The molecule has 0 aromatic carbocycles. The van der Waals surface area contributed by atoms with Crippen LogP contribution in [0, 0.1) is 0 Å². The van der Waals surface area contributed by atoms with Gasteiger partial charge in [0.05, 0.1) is 0 Å². The van der Waals surface area contributed by atoms with Crippen LogP contribution in [0.4, 0.5) is 0 Å².